The summed E-state index contributed by atoms with van der Waals surface area (Å²) in [6, 6.07) is 1.56. The smallest absolute Gasteiger partial charge is 0.341 e. The van der Waals surface area contributed by atoms with Gasteiger partial charge in [-0.3, -0.25) is 4.79 Å². The molecule has 21 heavy (non-hydrogen) atoms. The molecule has 1 fully saturated rings. The van der Waals surface area contributed by atoms with Crippen LogP contribution in [0.4, 0.5) is 5.00 Å². The van der Waals surface area contributed by atoms with Crippen molar-refractivity contribution in [1.29, 1.82) is 0 Å². The number of carbonyl (C=O) groups excluding carboxylic acids is 2. The summed E-state index contributed by atoms with van der Waals surface area (Å²) in [5.74, 6) is -2.04. The standard InChI is InChI=1S/C13H15NO6S/c1-2-19-13(18)7-5-6-21-11(7)14-10(15)8-3-4-9(20-8)12(16)17/h5-6,8-9H,2-4H2,1H3,(H,14,15)(H,16,17)/t8-,9+/m0/s1. The van der Waals surface area contributed by atoms with Crippen molar-refractivity contribution in [2.45, 2.75) is 32.0 Å². The number of carbonyl (C=O) groups is 3. The SMILES string of the molecule is CCOC(=O)c1ccsc1NC(=O)[C@@H]1CC[C@H](C(=O)O)O1. The number of thiophene rings is 1. The Labute approximate surface area is 124 Å². The fraction of sp³-hybridized carbons (Fsp3) is 0.462. The minimum Gasteiger partial charge on any atom is -0.479 e. The van der Waals surface area contributed by atoms with Gasteiger partial charge in [-0.2, -0.15) is 0 Å². The number of anilines is 1. The molecule has 1 aliphatic rings. The van der Waals surface area contributed by atoms with Crippen molar-refractivity contribution in [2.24, 2.45) is 0 Å². The number of hydrogen-bond acceptors (Lipinski definition) is 6. The molecule has 1 aromatic heterocycles. The summed E-state index contributed by atoms with van der Waals surface area (Å²) >= 11 is 1.19. The fourth-order valence-corrected chi connectivity index (χ4v) is 2.76. The van der Waals surface area contributed by atoms with Gasteiger partial charge in [0, 0.05) is 0 Å². The molecule has 2 atom stereocenters. The molecule has 114 valence electrons. The number of carboxylic acids is 1. The van der Waals surface area contributed by atoms with Crippen LogP contribution in [0.3, 0.4) is 0 Å². The topological polar surface area (TPSA) is 102 Å². The summed E-state index contributed by atoms with van der Waals surface area (Å²) in [6.45, 7) is 1.94. The highest BCUT2D eigenvalue weighted by Gasteiger charge is 2.35. The van der Waals surface area contributed by atoms with Crippen LogP contribution in [-0.2, 0) is 19.1 Å². The molecule has 2 N–H and O–H groups in total. The minimum absolute atomic E-state index is 0.244. The third-order valence-electron chi connectivity index (χ3n) is 2.98. The van der Waals surface area contributed by atoms with Gasteiger partial charge in [0.1, 0.15) is 11.1 Å². The lowest BCUT2D eigenvalue weighted by molar-refractivity contribution is -0.150. The van der Waals surface area contributed by atoms with E-state index in [9.17, 15) is 14.4 Å². The monoisotopic (exact) mass is 313 g/mol. The van der Waals surface area contributed by atoms with Crippen LogP contribution in [0.25, 0.3) is 0 Å². The average molecular weight is 313 g/mol. The lowest BCUT2D eigenvalue weighted by Gasteiger charge is -2.11. The second-order valence-corrected chi connectivity index (χ2v) is 5.32. The van der Waals surface area contributed by atoms with Crippen molar-refractivity contribution >= 4 is 34.2 Å². The molecular formula is C13H15NO6S. The van der Waals surface area contributed by atoms with Crippen LogP contribution in [0.5, 0.6) is 0 Å². The third kappa shape index (κ3) is 3.59. The predicted molar refractivity (Wildman–Crippen MR) is 74.4 cm³/mol. The zero-order valence-electron chi connectivity index (χ0n) is 11.3. The van der Waals surface area contributed by atoms with Crippen molar-refractivity contribution in [2.75, 3.05) is 11.9 Å². The number of ether oxygens (including phenoxy) is 2. The number of nitrogens with one attached hydrogen (secondary N) is 1. The number of amides is 1. The molecule has 8 heteroatoms. The lowest BCUT2D eigenvalue weighted by Crippen LogP contribution is -2.30. The molecule has 0 saturated carbocycles. The van der Waals surface area contributed by atoms with Crippen molar-refractivity contribution < 1.29 is 29.0 Å². The zero-order valence-corrected chi connectivity index (χ0v) is 12.1. The molecule has 0 bridgehead atoms. The van der Waals surface area contributed by atoms with Gasteiger partial charge in [0.2, 0.25) is 0 Å². The Morgan fingerprint density at radius 1 is 1.43 bits per heavy atom. The van der Waals surface area contributed by atoms with Gasteiger partial charge in [-0.25, -0.2) is 9.59 Å². The van der Waals surface area contributed by atoms with Crippen LogP contribution in [-0.4, -0.2) is 41.8 Å². The van der Waals surface area contributed by atoms with Crippen molar-refractivity contribution in [3.63, 3.8) is 0 Å². The van der Waals surface area contributed by atoms with Crippen LogP contribution in [0.2, 0.25) is 0 Å². The highest BCUT2D eigenvalue weighted by atomic mass is 32.1. The van der Waals surface area contributed by atoms with E-state index in [-0.39, 0.29) is 12.2 Å². The van der Waals surface area contributed by atoms with Crippen molar-refractivity contribution in [1.82, 2.24) is 0 Å². The number of rotatable bonds is 5. The van der Waals surface area contributed by atoms with Gasteiger partial charge in [-0.15, -0.1) is 11.3 Å². The first-order valence-corrected chi connectivity index (χ1v) is 7.34. The zero-order chi connectivity index (χ0) is 15.4. The molecular weight excluding hydrogens is 298 g/mol. The largest absolute Gasteiger partial charge is 0.479 e. The van der Waals surface area contributed by atoms with Gasteiger partial charge in [-0.05, 0) is 31.2 Å². The van der Waals surface area contributed by atoms with E-state index in [0.29, 0.717) is 17.8 Å². The molecule has 1 aromatic rings. The summed E-state index contributed by atoms with van der Waals surface area (Å²) in [5.41, 5.74) is 0.281. The molecule has 2 rings (SSSR count). The highest BCUT2D eigenvalue weighted by Crippen LogP contribution is 2.26. The van der Waals surface area contributed by atoms with Gasteiger partial charge in [0.15, 0.2) is 6.10 Å². The van der Waals surface area contributed by atoms with Crippen LogP contribution < -0.4 is 5.32 Å². The third-order valence-corrected chi connectivity index (χ3v) is 3.81. The first-order chi connectivity index (χ1) is 10.0. The quantitative estimate of drug-likeness (QED) is 0.799. The van der Waals surface area contributed by atoms with Gasteiger partial charge < -0.3 is 19.9 Å². The van der Waals surface area contributed by atoms with E-state index < -0.39 is 30.1 Å². The fourth-order valence-electron chi connectivity index (χ4n) is 1.98. The van der Waals surface area contributed by atoms with Crippen LogP contribution in [0.1, 0.15) is 30.1 Å². The van der Waals surface area contributed by atoms with Gasteiger partial charge >= 0.3 is 11.9 Å². The van der Waals surface area contributed by atoms with Gasteiger partial charge in [0.25, 0.3) is 5.91 Å². The molecule has 0 radical (unpaired) electrons. The Balaban J connectivity index is 1.99. The number of hydrogen-bond donors (Lipinski definition) is 2. The molecule has 1 saturated heterocycles. The van der Waals surface area contributed by atoms with E-state index in [1.165, 1.54) is 11.3 Å². The number of esters is 1. The normalized spacial score (nSPS) is 21.0. The minimum atomic E-state index is -1.08. The maximum Gasteiger partial charge on any atom is 0.341 e. The molecule has 1 amide bonds. The Morgan fingerprint density at radius 3 is 2.76 bits per heavy atom. The molecule has 0 aromatic carbocycles. The predicted octanol–water partition coefficient (Wildman–Crippen LogP) is 1.50. The Hall–Kier alpha value is -1.93. The molecule has 0 unspecified atom stereocenters. The first kappa shape index (κ1) is 15.5. The molecule has 2 heterocycles. The van der Waals surface area contributed by atoms with E-state index >= 15 is 0 Å². The second kappa shape index (κ2) is 6.68. The molecule has 0 spiro atoms. The van der Waals surface area contributed by atoms with Crippen LogP contribution in [0.15, 0.2) is 11.4 Å². The summed E-state index contributed by atoms with van der Waals surface area (Å²) in [4.78, 5) is 34.5. The summed E-state index contributed by atoms with van der Waals surface area (Å²) in [6.07, 6.45) is -1.14. The van der Waals surface area contributed by atoms with E-state index in [4.69, 9.17) is 14.6 Å². The summed E-state index contributed by atoms with van der Waals surface area (Å²) in [5, 5.41) is 13.5. The van der Waals surface area contributed by atoms with Crippen LogP contribution in [0, 0.1) is 0 Å². The maximum atomic E-state index is 12.0. The average Bonchev–Trinajstić information content (AvgIpc) is 3.07. The second-order valence-electron chi connectivity index (χ2n) is 4.40. The summed E-state index contributed by atoms with van der Waals surface area (Å²) in [7, 11) is 0. The Bertz CT molecular complexity index is 555. The van der Waals surface area contributed by atoms with E-state index in [1.54, 1.807) is 18.4 Å². The van der Waals surface area contributed by atoms with E-state index in [1.807, 2.05) is 0 Å². The van der Waals surface area contributed by atoms with E-state index in [2.05, 4.69) is 5.32 Å². The summed E-state index contributed by atoms with van der Waals surface area (Å²) < 4.78 is 10.0. The number of aliphatic carboxylic acids is 1. The van der Waals surface area contributed by atoms with Crippen molar-refractivity contribution in [3.05, 3.63) is 17.0 Å². The number of carboxylic acid groups (broad SMARTS) is 1. The van der Waals surface area contributed by atoms with Gasteiger partial charge in [-0.1, -0.05) is 0 Å². The van der Waals surface area contributed by atoms with E-state index in [0.717, 1.165) is 0 Å². The Morgan fingerprint density at radius 2 is 2.14 bits per heavy atom. The van der Waals surface area contributed by atoms with Gasteiger partial charge in [0.05, 0.1) is 12.2 Å². The van der Waals surface area contributed by atoms with Crippen molar-refractivity contribution in [3.8, 4) is 0 Å². The molecule has 1 aliphatic heterocycles. The van der Waals surface area contributed by atoms with Crippen LogP contribution >= 0.6 is 11.3 Å². The molecule has 0 aliphatic carbocycles. The highest BCUT2D eigenvalue weighted by molar-refractivity contribution is 7.14. The first-order valence-electron chi connectivity index (χ1n) is 6.46. The maximum absolute atomic E-state index is 12.0. The molecule has 7 nitrogen and oxygen atoms in total. The Kier molecular flexibility index (Phi) is 4.92. The lowest BCUT2D eigenvalue weighted by atomic mass is 10.2.